The maximum Gasteiger partial charge on any atom is 0.145 e. The van der Waals surface area contributed by atoms with Crippen molar-refractivity contribution in [2.75, 3.05) is 0 Å². The molecular weight excluding hydrogens is 496 g/mol. The summed E-state index contributed by atoms with van der Waals surface area (Å²) in [5.74, 6) is 0.903. The van der Waals surface area contributed by atoms with Crippen LogP contribution in [0.5, 0.6) is 0 Å². The molecule has 0 saturated carbocycles. The molecule has 0 amide bonds. The minimum absolute atomic E-state index is 0.903. The maximum absolute atomic E-state index is 5.39. The van der Waals surface area contributed by atoms with Gasteiger partial charge in [0.2, 0.25) is 0 Å². The Kier molecular flexibility index (Phi) is 4.96. The molecule has 4 aromatic carbocycles. The van der Waals surface area contributed by atoms with Crippen LogP contribution < -0.4 is 0 Å². The summed E-state index contributed by atoms with van der Waals surface area (Å²) in [7, 11) is 0. The van der Waals surface area contributed by atoms with Crippen molar-refractivity contribution in [2.45, 2.75) is 0 Å². The quantitative estimate of drug-likeness (QED) is 0.233. The molecule has 8 rings (SSSR count). The fourth-order valence-electron chi connectivity index (χ4n) is 5.69. The maximum atomic E-state index is 5.39. The summed E-state index contributed by atoms with van der Waals surface area (Å²) < 4.78 is 4.68. The van der Waals surface area contributed by atoms with Crippen LogP contribution in [0, 0.1) is 0 Å². The van der Waals surface area contributed by atoms with Gasteiger partial charge in [-0.3, -0.25) is 9.55 Å². The average Bonchev–Trinajstić information content (AvgIpc) is 3.74. The van der Waals surface area contributed by atoms with Crippen molar-refractivity contribution in [3.05, 3.63) is 133 Å². The number of imidazole rings is 1. The Labute approximate surface area is 229 Å². The molecule has 0 N–H and O–H groups in total. The second-order valence-electron chi connectivity index (χ2n) is 9.52. The molecule has 0 unspecified atom stereocenters. The summed E-state index contributed by atoms with van der Waals surface area (Å²) in [4.78, 5) is 10.9. The number of hydrogen-bond donors (Lipinski definition) is 0. The SMILES string of the molecule is c1ccc(-n2c(-c3ccncc3)nc3c4c5ccccc5n(-c5ccccc5)c4c(-c4cccs4)cc32)cc1. The summed E-state index contributed by atoms with van der Waals surface area (Å²) in [5, 5.41) is 4.51. The van der Waals surface area contributed by atoms with E-state index in [1.807, 2.05) is 24.5 Å². The first-order chi connectivity index (χ1) is 19.4. The lowest BCUT2D eigenvalue weighted by Crippen LogP contribution is -1.98. The molecule has 0 aliphatic rings. The topological polar surface area (TPSA) is 35.6 Å². The summed E-state index contributed by atoms with van der Waals surface area (Å²) in [6, 6.07) is 40.6. The Bertz CT molecular complexity index is 2090. The lowest BCUT2D eigenvalue weighted by atomic mass is 10.1. The highest BCUT2D eigenvalue weighted by atomic mass is 32.1. The number of hydrogen-bond acceptors (Lipinski definition) is 3. The van der Waals surface area contributed by atoms with Gasteiger partial charge in [-0.2, -0.15) is 0 Å². The number of rotatable bonds is 4. The van der Waals surface area contributed by atoms with E-state index in [1.165, 1.54) is 32.2 Å². The molecule has 5 heteroatoms. The Morgan fingerprint density at radius 3 is 2.03 bits per heavy atom. The smallest absolute Gasteiger partial charge is 0.145 e. The molecular formula is C34H22N4S. The average molecular weight is 519 g/mol. The third-order valence-corrected chi connectivity index (χ3v) is 8.22. The van der Waals surface area contributed by atoms with Crippen molar-refractivity contribution in [2.24, 2.45) is 0 Å². The highest BCUT2D eigenvalue weighted by Crippen LogP contribution is 2.44. The van der Waals surface area contributed by atoms with Gasteiger partial charge in [0.15, 0.2) is 0 Å². The van der Waals surface area contributed by atoms with E-state index < -0.39 is 0 Å². The fraction of sp³-hybridized carbons (Fsp3) is 0. The van der Waals surface area contributed by atoms with Crippen LogP contribution >= 0.6 is 11.3 Å². The molecule has 0 aliphatic carbocycles. The first-order valence-electron chi connectivity index (χ1n) is 12.9. The second-order valence-corrected chi connectivity index (χ2v) is 10.5. The number of para-hydroxylation sites is 3. The Morgan fingerprint density at radius 2 is 1.31 bits per heavy atom. The van der Waals surface area contributed by atoms with Gasteiger partial charge in [0.25, 0.3) is 0 Å². The van der Waals surface area contributed by atoms with Crippen LogP contribution in [-0.4, -0.2) is 19.1 Å². The predicted octanol–water partition coefficient (Wildman–Crippen LogP) is 8.91. The number of nitrogens with zero attached hydrogens (tertiary/aromatic N) is 4. The van der Waals surface area contributed by atoms with E-state index >= 15 is 0 Å². The number of fused-ring (bicyclic) bond motifs is 5. The van der Waals surface area contributed by atoms with Crippen molar-refractivity contribution in [3.63, 3.8) is 0 Å². The number of pyridine rings is 1. The molecule has 0 saturated heterocycles. The van der Waals surface area contributed by atoms with Gasteiger partial charge in [0.1, 0.15) is 5.82 Å². The normalized spacial score (nSPS) is 11.6. The minimum Gasteiger partial charge on any atom is -0.309 e. The van der Waals surface area contributed by atoms with Crippen molar-refractivity contribution in [1.29, 1.82) is 0 Å². The van der Waals surface area contributed by atoms with Gasteiger partial charge in [0, 0.05) is 50.5 Å². The van der Waals surface area contributed by atoms with Gasteiger partial charge < -0.3 is 4.57 Å². The molecule has 184 valence electrons. The van der Waals surface area contributed by atoms with Crippen molar-refractivity contribution in [1.82, 2.24) is 19.1 Å². The molecule has 0 bridgehead atoms. The molecule has 4 nitrogen and oxygen atoms in total. The second kappa shape index (κ2) is 8.79. The molecule has 0 atom stereocenters. The van der Waals surface area contributed by atoms with Crippen LogP contribution in [0.4, 0.5) is 0 Å². The first-order valence-corrected chi connectivity index (χ1v) is 13.8. The molecule has 0 spiro atoms. The number of thiophene rings is 1. The zero-order valence-corrected chi connectivity index (χ0v) is 21.7. The highest BCUT2D eigenvalue weighted by molar-refractivity contribution is 7.13. The van der Waals surface area contributed by atoms with Crippen molar-refractivity contribution >= 4 is 44.2 Å². The summed E-state index contributed by atoms with van der Waals surface area (Å²) >= 11 is 1.77. The molecule has 4 heterocycles. The molecule has 4 aromatic heterocycles. The lowest BCUT2D eigenvalue weighted by Gasteiger charge is -2.13. The summed E-state index contributed by atoms with van der Waals surface area (Å²) in [6.07, 6.45) is 3.66. The molecule has 0 aliphatic heterocycles. The minimum atomic E-state index is 0.903. The van der Waals surface area contributed by atoms with E-state index in [0.29, 0.717) is 0 Å². The standard InChI is InChI=1S/C34H22N4S/c1-3-10-24(11-4-1)37-28-15-8-7-14-26(28)31-32-29(22-27(33(31)37)30-16-9-21-39-30)38(25-12-5-2-6-13-25)34(36-32)23-17-19-35-20-18-23/h1-22H. The van der Waals surface area contributed by atoms with E-state index in [9.17, 15) is 0 Å². The van der Waals surface area contributed by atoms with Gasteiger partial charge in [-0.25, -0.2) is 4.98 Å². The van der Waals surface area contributed by atoms with E-state index in [1.54, 1.807) is 11.3 Å². The first kappa shape index (κ1) is 22.0. The van der Waals surface area contributed by atoms with Crippen LogP contribution in [0.15, 0.2) is 133 Å². The Hall–Kier alpha value is -5.00. The predicted molar refractivity (Wildman–Crippen MR) is 162 cm³/mol. The Balaban J connectivity index is 1.63. The summed E-state index contributed by atoms with van der Waals surface area (Å²) in [5.41, 5.74) is 8.87. The van der Waals surface area contributed by atoms with Crippen LogP contribution in [0.25, 0.3) is 66.0 Å². The van der Waals surface area contributed by atoms with Crippen LogP contribution in [0.1, 0.15) is 0 Å². The van der Waals surface area contributed by atoms with Crippen LogP contribution in [-0.2, 0) is 0 Å². The van der Waals surface area contributed by atoms with Crippen molar-refractivity contribution in [3.8, 4) is 33.2 Å². The van der Waals surface area contributed by atoms with Crippen LogP contribution in [0.3, 0.4) is 0 Å². The largest absolute Gasteiger partial charge is 0.309 e. The monoisotopic (exact) mass is 518 g/mol. The molecule has 0 fully saturated rings. The number of aromatic nitrogens is 4. The van der Waals surface area contributed by atoms with Gasteiger partial charge in [-0.05, 0) is 60.0 Å². The van der Waals surface area contributed by atoms with Gasteiger partial charge in [-0.15, -0.1) is 11.3 Å². The van der Waals surface area contributed by atoms with Crippen LogP contribution in [0.2, 0.25) is 0 Å². The van der Waals surface area contributed by atoms with Gasteiger partial charge in [-0.1, -0.05) is 60.7 Å². The highest BCUT2D eigenvalue weighted by Gasteiger charge is 2.24. The zero-order valence-electron chi connectivity index (χ0n) is 20.9. The Morgan fingerprint density at radius 1 is 0.615 bits per heavy atom. The van der Waals surface area contributed by atoms with Gasteiger partial charge in [0.05, 0.1) is 22.1 Å². The van der Waals surface area contributed by atoms with Gasteiger partial charge >= 0.3 is 0 Å². The molecule has 39 heavy (non-hydrogen) atoms. The number of benzene rings is 4. The fourth-order valence-corrected chi connectivity index (χ4v) is 6.43. The van der Waals surface area contributed by atoms with Crippen molar-refractivity contribution < 1.29 is 0 Å². The van der Waals surface area contributed by atoms with E-state index in [0.717, 1.165) is 33.8 Å². The summed E-state index contributed by atoms with van der Waals surface area (Å²) in [6.45, 7) is 0. The van der Waals surface area contributed by atoms with E-state index in [-0.39, 0.29) is 0 Å². The molecule has 0 radical (unpaired) electrons. The zero-order chi connectivity index (χ0) is 25.8. The molecule has 8 aromatic rings. The van der Waals surface area contributed by atoms with E-state index in [2.05, 4.69) is 123 Å². The lowest BCUT2D eigenvalue weighted by molar-refractivity contribution is 1.10. The third-order valence-electron chi connectivity index (χ3n) is 7.31. The third kappa shape index (κ3) is 3.37. The van der Waals surface area contributed by atoms with E-state index in [4.69, 9.17) is 4.98 Å².